The number of hydrogen-bond donors (Lipinski definition) is 1. The third-order valence-corrected chi connectivity index (χ3v) is 4.85. The number of hydrogen-bond acceptors (Lipinski definition) is 3. The maximum Gasteiger partial charge on any atom is 0.0222 e. The second-order valence-electron chi connectivity index (χ2n) is 4.46. The van der Waals surface area contributed by atoms with Crippen LogP contribution in [0.4, 0.5) is 0 Å². The molecule has 0 aromatic rings. The predicted octanol–water partition coefficient (Wildman–Crippen LogP) is 1.30. The van der Waals surface area contributed by atoms with Gasteiger partial charge in [0.05, 0.1) is 0 Å². The van der Waals surface area contributed by atoms with Crippen LogP contribution in [0.25, 0.3) is 0 Å². The van der Waals surface area contributed by atoms with Gasteiger partial charge in [0.1, 0.15) is 0 Å². The van der Waals surface area contributed by atoms with E-state index in [9.17, 15) is 0 Å². The maximum absolute atomic E-state index is 6.02. The molecule has 0 radical (unpaired) electrons. The van der Waals surface area contributed by atoms with Crippen LogP contribution in [0.1, 0.15) is 26.7 Å². The van der Waals surface area contributed by atoms with E-state index in [0.717, 1.165) is 11.3 Å². The highest BCUT2D eigenvalue weighted by Crippen LogP contribution is 2.32. The smallest absolute Gasteiger partial charge is 0.0222 e. The van der Waals surface area contributed by atoms with E-state index in [4.69, 9.17) is 5.73 Å². The molecule has 2 N–H and O–H groups in total. The van der Waals surface area contributed by atoms with Gasteiger partial charge >= 0.3 is 0 Å². The zero-order valence-corrected chi connectivity index (χ0v) is 9.39. The predicted molar refractivity (Wildman–Crippen MR) is 59.1 cm³/mol. The van der Waals surface area contributed by atoms with Crippen LogP contribution in [0.3, 0.4) is 0 Å². The fourth-order valence-corrected chi connectivity index (χ4v) is 3.77. The van der Waals surface area contributed by atoms with Gasteiger partial charge < -0.3 is 5.73 Å². The highest BCUT2D eigenvalue weighted by molar-refractivity contribution is 8.00. The fourth-order valence-electron chi connectivity index (χ4n) is 2.53. The third-order valence-electron chi connectivity index (χ3n) is 3.51. The molecule has 0 aromatic carbocycles. The minimum atomic E-state index is 0.418. The Morgan fingerprint density at radius 2 is 2.15 bits per heavy atom. The third kappa shape index (κ3) is 1.88. The van der Waals surface area contributed by atoms with Gasteiger partial charge in [-0.15, -0.1) is 0 Å². The van der Waals surface area contributed by atoms with E-state index in [1.807, 2.05) is 0 Å². The molecule has 0 aromatic heterocycles. The summed E-state index contributed by atoms with van der Waals surface area (Å²) >= 11 is 2.11. The average Bonchev–Trinajstić information content (AvgIpc) is 2.62. The van der Waals surface area contributed by atoms with Gasteiger partial charge in [-0.05, 0) is 19.8 Å². The molecule has 2 heterocycles. The van der Waals surface area contributed by atoms with Crippen molar-refractivity contribution in [3.63, 3.8) is 0 Å². The molecule has 2 saturated heterocycles. The summed E-state index contributed by atoms with van der Waals surface area (Å²) in [5.74, 6) is 1.32. The summed E-state index contributed by atoms with van der Waals surface area (Å²) in [7, 11) is 0. The van der Waals surface area contributed by atoms with Gasteiger partial charge in [-0.3, -0.25) is 4.90 Å². The molecule has 4 atom stereocenters. The number of likely N-dealkylation sites (tertiary alicyclic amines) is 1. The summed E-state index contributed by atoms with van der Waals surface area (Å²) in [6, 6.07) is 1.83. The van der Waals surface area contributed by atoms with E-state index in [-0.39, 0.29) is 0 Å². The molecule has 0 saturated carbocycles. The van der Waals surface area contributed by atoms with Crippen molar-refractivity contribution >= 4 is 11.8 Å². The second kappa shape index (κ2) is 3.79. The van der Waals surface area contributed by atoms with E-state index in [0.29, 0.717) is 12.1 Å². The van der Waals surface area contributed by atoms with Crippen LogP contribution in [0, 0.1) is 0 Å². The van der Waals surface area contributed by atoms with Crippen molar-refractivity contribution in [2.45, 2.75) is 50.1 Å². The van der Waals surface area contributed by atoms with Crippen molar-refractivity contribution in [1.29, 1.82) is 0 Å². The molecule has 0 amide bonds. The maximum atomic E-state index is 6.02. The van der Waals surface area contributed by atoms with Crippen LogP contribution in [0.2, 0.25) is 0 Å². The summed E-state index contributed by atoms with van der Waals surface area (Å²) < 4.78 is 0. The monoisotopic (exact) mass is 200 g/mol. The fraction of sp³-hybridized carbons (Fsp3) is 1.00. The molecule has 3 heteroatoms. The van der Waals surface area contributed by atoms with E-state index >= 15 is 0 Å². The van der Waals surface area contributed by atoms with Crippen LogP contribution in [0.15, 0.2) is 0 Å². The van der Waals surface area contributed by atoms with Gasteiger partial charge in [0, 0.05) is 35.7 Å². The van der Waals surface area contributed by atoms with Gasteiger partial charge in [-0.1, -0.05) is 6.92 Å². The Bertz CT molecular complexity index is 186. The van der Waals surface area contributed by atoms with E-state index < -0.39 is 0 Å². The zero-order chi connectivity index (χ0) is 9.42. The molecular weight excluding hydrogens is 180 g/mol. The van der Waals surface area contributed by atoms with Crippen molar-refractivity contribution in [1.82, 2.24) is 4.90 Å². The Hall–Kier alpha value is 0.270. The number of thioether (sulfide) groups is 1. The Morgan fingerprint density at radius 1 is 1.38 bits per heavy atom. The van der Waals surface area contributed by atoms with Gasteiger partial charge in [0.2, 0.25) is 0 Å². The van der Waals surface area contributed by atoms with E-state index in [1.165, 1.54) is 25.1 Å². The quantitative estimate of drug-likeness (QED) is 0.692. The molecule has 2 aliphatic rings. The standard InChI is InChI=1S/C10H20N2S/c1-7-5-9(6-13-7)12-4-3-10(11)8(12)2/h7-10H,3-6,11H2,1-2H3. The molecule has 2 aliphatic heterocycles. The molecule has 4 unspecified atom stereocenters. The lowest BCUT2D eigenvalue weighted by atomic mass is 10.1. The lowest BCUT2D eigenvalue weighted by Crippen LogP contribution is -2.43. The van der Waals surface area contributed by atoms with Crippen molar-refractivity contribution in [3.05, 3.63) is 0 Å². The molecule has 0 spiro atoms. The summed E-state index contributed by atoms with van der Waals surface area (Å²) in [5.41, 5.74) is 6.02. The SMILES string of the molecule is CC1CC(N2CCC(N)C2C)CS1. The lowest BCUT2D eigenvalue weighted by Gasteiger charge is -2.28. The zero-order valence-electron chi connectivity index (χ0n) is 8.57. The number of nitrogens with zero attached hydrogens (tertiary/aromatic N) is 1. The summed E-state index contributed by atoms with van der Waals surface area (Å²) in [4.78, 5) is 2.63. The molecule has 76 valence electrons. The molecular formula is C10H20N2S. The van der Waals surface area contributed by atoms with Crippen molar-refractivity contribution < 1.29 is 0 Å². The normalized spacial score (nSPS) is 47.3. The second-order valence-corrected chi connectivity index (χ2v) is 5.94. The number of nitrogens with two attached hydrogens (primary N) is 1. The van der Waals surface area contributed by atoms with Crippen LogP contribution in [0.5, 0.6) is 0 Å². The molecule has 2 nitrogen and oxygen atoms in total. The molecule has 0 aliphatic carbocycles. The molecule has 2 fully saturated rings. The first-order chi connectivity index (χ1) is 6.18. The Labute approximate surface area is 85.2 Å². The Balaban J connectivity index is 1.94. The van der Waals surface area contributed by atoms with Gasteiger partial charge in [0.15, 0.2) is 0 Å². The lowest BCUT2D eigenvalue weighted by molar-refractivity contribution is 0.197. The Kier molecular flexibility index (Phi) is 2.86. The highest BCUT2D eigenvalue weighted by atomic mass is 32.2. The van der Waals surface area contributed by atoms with Crippen LogP contribution < -0.4 is 5.73 Å². The van der Waals surface area contributed by atoms with E-state index in [2.05, 4.69) is 30.5 Å². The van der Waals surface area contributed by atoms with Gasteiger partial charge in [-0.25, -0.2) is 0 Å². The van der Waals surface area contributed by atoms with Crippen LogP contribution in [-0.2, 0) is 0 Å². The summed E-state index contributed by atoms with van der Waals surface area (Å²) in [6.07, 6.45) is 2.55. The first-order valence-corrected chi connectivity index (χ1v) is 6.36. The van der Waals surface area contributed by atoms with Gasteiger partial charge in [0.25, 0.3) is 0 Å². The Morgan fingerprint density at radius 3 is 2.62 bits per heavy atom. The van der Waals surface area contributed by atoms with Crippen molar-refractivity contribution in [2.24, 2.45) is 5.73 Å². The summed E-state index contributed by atoms with van der Waals surface area (Å²) in [6.45, 7) is 5.84. The minimum Gasteiger partial charge on any atom is -0.326 e. The van der Waals surface area contributed by atoms with Crippen molar-refractivity contribution in [3.8, 4) is 0 Å². The number of rotatable bonds is 1. The first-order valence-electron chi connectivity index (χ1n) is 5.31. The topological polar surface area (TPSA) is 29.3 Å². The molecule has 13 heavy (non-hydrogen) atoms. The minimum absolute atomic E-state index is 0.418. The highest BCUT2D eigenvalue weighted by Gasteiger charge is 2.36. The van der Waals surface area contributed by atoms with Crippen LogP contribution in [-0.4, -0.2) is 40.6 Å². The van der Waals surface area contributed by atoms with Crippen molar-refractivity contribution in [2.75, 3.05) is 12.3 Å². The molecule has 2 rings (SSSR count). The van der Waals surface area contributed by atoms with Crippen LogP contribution >= 0.6 is 11.8 Å². The average molecular weight is 200 g/mol. The van der Waals surface area contributed by atoms with E-state index in [1.54, 1.807) is 0 Å². The first kappa shape index (κ1) is 9.81. The van der Waals surface area contributed by atoms with Gasteiger partial charge in [-0.2, -0.15) is 11.8 Å². The molecule has 0 bridgehead atoms. The summed E-state index contributed by atoms with van der Waals surface area (Å²) in [5, 5.41) is 0.856. The largest absolute Gasteiger partial charge is 0.326 e.